The zero-order valence-corrected chi connectivity index (χ0v) is 14.2. The molecule has 2 aromatic rings. The predicted octanol–water partition coefficient (Wildman–Crippen LogP) is 4.69. The van der Waals surface area contributed by atoms with Crippen LogP contribution in [-0.2, 0) is 11.8 Å². The van der Waals surface area contributed by atoms with Crippen molar-refractivity contribution in [2.24, 2.45) is 0 Å². The van der Waals surface area contributed by atoms with Crippen LogP contribution in [0.2, 0.25) is 0 Å². The van der Waals surface area contributed by atoms with Crippen LogP contribution >= 0.6 is 27.7 Å². The first-order valence-electron chi connectivity index (χ1n) is 6.90. The molecule has 0 radical (unpaired) electrons. The van der Waals surface area contributed by atoms with Crippen LogP contribution in [0.5, 0.6) is 11.5 Å². The highest BCUT2D eigenvalue weighted by Gasteiger charge is 2.22. The van der Waals surface area contributed by atoms with E-state index in [1.165, 1.54) is 16.0 Å². The molecule has 21 heavy (non-hydrogen) atoms. The largest absolute Gasteiger partial charge is 0.493 e. The molecular weight excluding hydrogens is 348 g/mol. The highest BCUT2D eigenvalue weighted by atomic mass is 79.9. The van der Waals surface area contributed by atoms with Crippen LogP contribution in [-0.4, -0.2) is 19.0 Å². The Balaban J connectivity index is 1.66. The molecule has 0 saturated carbocycles. The Morgan fingerprint density at radius 1 is 1.19 bits per heavy atom. The number of ether oxygens (including phenoxy) is 2. The third-order valence-corrected chi connectivity index (χ3v) is 5.46. The Bertz CT molecular complexity index is 605. The van der Waals surface area contributed by atoms with Gasteiger partial charge in [0.1, 0.15) is 6.61 Å². The molecule has 0 aliphatic carbocycles. The van der Waals surface area contributed by atoms with Crippen molar-refractivity contribution in [2.75, 3.05) is 13.7 Å². The van der Waals surface area contributed by atoms with Crippen LogP contribution in [0.25, 0.3) is 0 Å². The van der Waals surface area contributed by atoms with Gasteiger partial charge in [-0.2, -0.15) is 0 Å². The number of hydrogen-bond donors (Lipinski definition) is 0. The summed E-state index contributed by atoms with van der Waals surface area (Å²) < 4.78 is 11.4. The summed E-state index contributed by atoms with van der Waals surface area (Å²) in [5.74, 6) is 1.62. The van der Waals surface area contributed by atoms with E-state index in [0.29, 0.717) is 11.9 Å². The van der Waals surface area contributed by atoms with Crippen LogP contribution in [0.1, 0.15) is 11.1 Å². The van der Waals surface area contributed by atoms with E-state index in [1.807, 2.05) is 30.0 Å². The monoisotopic (exact) mass is 364 g/mol. The summed E-state index contributed by atoms with van der Waals surface area (Å²) in [6, 6.07) is 14.6. The van der Waals surface area contributed by atoms with E-state index in [-0.39, 0.29) is 0 Å². The van der Waals surface area contributed by atoms with Crippen molar-refractivity contribution in [3.63, 3.8) is 0 Å². The molecule has 0 aromatic heterocycles. The maximum absolute atomic E-state index is 6.02. The normalized spacial score (nSPS) is 16.6. The number of hydrogen-bond acceptors (Lipinski definition) is 3. The maximum Gasteiger partial charge on any atom is 0.161 e. The van der Waals surface area contributed by atoms with Crippen LogP contribution in [0.4, 0.5) is 0 Å². The number of alkyl halides is 1. The van der Waals surface area contributed by atoms with Gasteiger partial charge in [-0.3, -0.25) is 0 Å². The Hall–Kier alpha value is -1.13. The molecule has 110 valence electrons. The van der Waals surface area contributed by atoms with Gasteiger partial charge < -0.3 is 9.47 Å². The fraction of sp³-hybridized carbons (Fsp3) is 0.294. The van der Waals surface area contributed by atoms with Gasteiger partial charge in [-0.15, -0.1) is 11.8 Å². The molecular formula is C17H17BrO2S. The van der Waals surface area contributed by atoms with Crippen molar-refractivity contribution in [3.8, 4) is 11.5 Å². The Labute approximate surface area is 138 Å². The number of thioether (sulfide) groups is 1. The first-order valence-corrected chi connectivity index (χ1v) is 8.90. The molecule has 1 atom stereocenters. The smallest absolute Gasteiger partial charge is 0.161 e. The lowest BCUT2D eigenvalue weighted by atomic mass is 10.1. The van der Waals surface area contributed by atoms with Gasteiger partial charge in [0.05, 0.1) is 7.11 Å². The zero-order chi connectivity index (χ0) is 14.7. The van der Waals surface area contributed by atoms with Gasteiger partial charge in [0.15, 0.2) is 11.5 Å². The van der Waals surface area contributed by atoms with Crippen molar-refractivity contribution in [3.05, 3.63) is 53.6 Å². The van der Waals surface area contributed by atoms with E-state index in [9.17, 15) is 0 Å². The fourth-order valence-corrected chi connectivity index (χ4v) is 4.01. The van der Waals surface area contributed by atoms with E-state index in [0.717, 1.165) is 23.2 Å². The van der Waals surface area contributed by atoms with Gasteiger partial charge in [-0.1, -0.05) is 40.2 Å². The molecule has 0 spiro atoms. The quantitative estimate of drug-likeness (QED) is 0.717. The topological polar surface area (TPSA) is 18.5 Å². The van der Waals surface area contributed by atoms with E-state index >= 15 is 0 Å². The van der Waals surface area contributed by atoms with E-state index in [1.54, 1.807) is 7.11 Å². The molecule has 2 aromatic carbocycles. The Kier molecular flexibility index (Phi) is 4.76. The molecule has 0 fully saturated rings. The molecule has 1 heterocycles. The zero-order valence-electron chi connectivity index (χ0n) is 11.8. The second-order valence-corrected chi connectivity index (χ2v) is 6.88. The SMILES string of the molecule is COc1ccc(CBr)cc1OCC1Cc2ccccc2S1. The van der Waals surface area contributed by atoms with Crippen molar-refractivity contribution >= 4 is 27.7 Å². The van der Waals surface area contributed by atoms with Gasteiger partial charge in [-0.05, 0) is 35.7 Å². The lowest BCUT2D eigenvalue weighted by Crippen LogP contribution is -2.14. The fourth-order valence-electron chi connectivity index (χ4n) is 2.45. The van der Waals surface area contributed by atoms with Gasteiger partial charge in [0, 0.05) is 15.5 Å². The second-order valence-electron chi connectivity index (χ2n) is 4.98. The molecule has 3 rings (SSSR count). The van der Waals surface area contributed by atoms with Crippen molar-refractivity contribution in [1.82, 2.24) is 0 Å². The van der Waals surface area contributed by atoms with E-state index in [4.69, 9.17) is 9.47 Å². The first-order chi connectivity index (χ1) is 10.3. The molecule has 0 saturated heterocycles. The average Bonchev–Trinajstić information content (AvgIpc) is 2.95. The second kappa shape index (κ2) is 6.75. The summed E-state index contributed by atoms with van der Waals surface area (Å²) in [5, 5.41) is 1.29. The van der Waals surface area contributed by atoms with E-state index < -0.39 is 0 Å². The molecule has 0 amide bonds. The van der Waals surface area contributed by atoms with E-state index in [2.05, 4.69) is 40.2 Å². The van der Waals surface area contributed by atoms with Crippen LogP contribution in [0, 0.1) is 0 Å². The third-order valence-electron chi connectivity index (χ3n) is 3.52. The Morgan fingerprint density at radius 2 is 2.05 bits per heavy atom. The van der Waals surface area contributed by atoms with Crippen molar-refractivity contribution < 1.29 is 9.47 Å². The average molecular weight is 365 g/mol. The summed E-state index contributed by atoms with van der Waals surface area (Å²) in [7, 11) is 1.68. The summed E-state index contributed by atoms with van der Waals surface area (Å²) in [6.07, 6.45) is 1.07. The summed E-state index contributed by atoms with van der Waals surface area (Å²) in [4.78, 5) is 1.38. The van der Waals surface area contributed by atoms with Crippen LogP contribution in [0.15, 0.2) is 47.4 Å². The summed E-state index contributed by atoms with van der Waals surface area (Å²) in [6.45, 7) is 0.696. The summed E-state index contributed by atoms with van der Waals surface area (Å²) >= 11 is 5.38. The van der Waals surface area contributed by atoms with Crippen LogP contribution in [0.3, 0.4) is 0 Å². The number of benzene rings is 2. The third kappa shape index (κ3) is 3.38. The molecule has 1 unspecified atom stereocenters. The van der Waals surface area contributed by atoms with Crippen LogP contribution < -0.4 is 9.47 Å². The van der Waals surface area contributed by atoms with Gasteiger partial charge in [0.25, 0.3) is 0 Å². The predicted molar refractivity (Wildman–Crippen MR) is 90.9 cm³/mol. The minimum Gasteiger partial charge on any atom is -0.493 e. The number of methoxy groups -OCH3 is 1. The van der Waals surface area contributed by atoms with Gasteiger partial charge in [-0.25, -0.2) is 0 Å². The molecule has 1 aliphatic rings. The number of halogens is 1. The Morgan fingerprint density at radius 3 is 2.81 bits per heavy atom. The summed E-state index contributed by atoms with van der Waals surface area (Å²) in [5.41, 5.74) is 2.62. The molecule has 4 heteroatoms. The first kappa shape index (κ1) is 14.8. The minimum atomic E-state index is 0.472. The molecule has 1 aliphatic heterocycles. The number of fused-ring (bicyclic) bond motifs is 1. The molecule has 0 N–H and O–H groups in total. The molecule has 0 bridgehead atoms. The van der Waals surface area contributed by atoms with Gasteiger partial charge in [0.2, 0.25) is 0 Å². The maximum atomic E-state index is 6.02. The van der Waals surface area contributed by atoms with Crippen molar-refractivity contribution in [1.29, 1.82) is 0 Å². The molecule has 2 nitrogen and oxygen atoms in total. The van der Waals surface area contributed by atoms with Gasteiger partial charge >= 0.3 is 0 Å². The minimum absolute atomic E-state index is 0.472. The lowest BCUT2D eigenvalue weighted by molar-refractivity contribution is 0.294. The standard InChI is InChI=1S/C17H17BrO2S/c1-19-15-7-6-12(10-18)8-16(15)20-11-14-9-13-4-2-3-5-17(13)21-14/h2-8,14H,9-11H2,1H3. The highest BCUT2D eigenvalue weighted by molar-refractivity contribution is 9.08. The number of rotatable bonds is 5. The van der Waals surface area contributed by atoms with Crippen molar-refractivity contribution in [2.45, 2.75) is 21.9 Å². The lowest BCUT2D eigenvalue weighted by Gasteiger charge is -2.14. The highest BCUT2D eigenvalue weighted by Crippen LogP contribution is 2.37.